The predicted molar refractivity (Wildman–Crippen MR) is 309 cm³/mol. The summed E-state index contributed by atoms with van der Waals surface area (Å²) in [5.41, 5.74) is 66.6. The third-order valence-corrected chi connectivity index (χ3v) is 7.83. The number of hydrazone groups is 2. The van der Waals surface area contributed by atoms with E-state index in [1.165, 1.54) is 0 Å². The number of nitrogens with one attached hydrogen (secondary N) is 6. The normalized spacial score (nSPS) is 18.6. The van der Waals surface area contributed by atoms with E-state index in [9.17, 15) is 0 Å². The Bertz CT molecular complexity index is 2460. The molecule has 0 amide bonds. The SMILES string of the molecule is CC(C)(C)N=NC1C(N)=NN=C1N.CC(C)(C)N=NC1C(N)=NNC1N.CC(C)(C)N=Nc1c(N)n[nH]c1N.CC(C)(C)N=Nc1c(N)n[nH]c1N.CC(C)(C)N=Nc1c(N)n[nH]c1N.CC(C)(C)NN=C1C(=N)N=NC1N. The van der Waals surface area contributed by atoms with Gasteiger partial charge in [0.25, 0.3) is 0 Å². The summed E-state index contributed by atoms with van der Waals surface area (Å²) in [6.07, 6.45) is -0.951. The van der Waals surface area contributed by atoms with Gasteiger partial charge in [-0.15, -0.1) is 30.7 Å². The molecular weight excluding hydrogens is 1010 g/mol. The first-order valence-corrected chi connectivity index (χ1v) is 23.9. The topological polar surface area (TPSA) is 618 Å². The second kappa shape index (κ2) is 27.9. The van der Waals surface area contributed by atoms with E-state index in [0.29, 0.717) is 57.7 Å². The standard InChI is InChI=1S/C7H16N6.5C7H14N6/c6*1-7(2,3)13-10-4-5(8)11-12-6(4)9/h4-5,11H,8H2,1-3H3,(H2,9,12);3*1-3H3,(H5,8,9,11,12);5,9,13H,8H2,1-3H3;4H,1-3H3,(H2,8,11)(H2,9,12). The van der Waals surface area contributed by atoms with Crippen LogP contribution in [0.15, 0.2) is 81.8 Å². The molecule has 0 radical (unpaired) electrons. The van der Waals surface area contributed by atoms with Crippen molar-refractivity contribution in [2.75, 3.05) is 34.4 Å². The molecule has 36 nitrogen and oxygen atoms in total. The van der Waals surface area contributed by atoms with E-state index in [1.54, 1.807) is 0 Å². The van der Waals surface area contributed by atoms with Crippen molar-refractivity contribution in [2.24, 2.45) is 110 Å². The fourth-order valence-corrected chi connectivity index (χ4v) is 4.28. The predicted octanol–water partition coefficient (Wildman–Crippen LogP) is 4.84. The van der Waals surface area contributed by atoms with E-state index in [2.05, 4.69) is 123 Å². The van der Waals surface area contributed by atoms with Crippen molar-refractivity contribution in [1.29, 1.82) is 5.41 Å². The molecule has 0 spiro atoms. The lowest BCUT2D eigenvalue weighted by atomic mass is 10.1. The quantitative estimate of drug-likeness (QED) is 0.116. The minimum atomic E-state index is -0.595. The summed E-state index contributed by atoms with van der Waals surface area (Å²) in [5.74, 6) is 2.84. The van der Waals surface area contributed by atoms with E-state index in [1.807, 2.05) is 125 Å². The lowest BCUT2D eigenvalue weighted by Gasteiger charge is -2.18. The molecule has 3 atom stereocenters. The Hall–Kier alpha value is -8.70. The maximum atomic E-state index is 7.33. The number of anilines is 6. The molecule has 78 heavy (non-hydrogen) atoms. The minimum Gasteiger partial charge on any atom is -0.384 e. The number of amidine groups is 4. The van der Waals surface area contributed by atoms with Gasteiger partial charge in [-0.1, -0.05) is 0 Å². The lowest BCUT2D eigenvalue weighted by Crippen LogP contribution is -2.42. The van der Waals surface area contributed by atoms with Gasteiger partial charge in [0, 0.05) is 5.54 Å². The number of aromatic nitrogens is 6. The third kappa shape index (κ3) is 26.7. The van der Waals surface area contributed by atoms with Gasteiger partial charge in [0.05, 0.1) is 27.7 Å². The van der Waals surface area contributed by atoms with Gasteiger partial charge in [-0.25, -0.2) is 0 Å². The van der Waals surface area contributed by atoms with Gasteiger partial charge in [-0.3, -0.25) is 26.1 Å². The van der Waals surface area contributed by atoms with Gasteiger partial charge in [0.15, 0.2) is 70.3 Å². The highest BCUT2D eigenvalue weighted by Crippen LogP contribution is 2.29. The number of nitrogens with two attached hydrogens (primary N) is 11. The maximum absolute atomic E-state index is 7.33. The van der Waals surface area contributed by atoms with Crippen LogP contribution >= 0.6 is 0 Å². The second-order valence-electron chi connectivity index (χ2n) is 23.0. The maximum Gasteiger partial charge on any atom is 0.194 e. The van der Waals surface area contributed by atoms with Crippen LogP contribution in [0.1, 0.15) is 125 Å². The number of hydrogen-bond acceptors (Lipinski definition) is 32. The molecule has 36 heteroatoms. The molecule has 6 rings (SSSR count). The summed E-state index contributed by atoms with van der Waals surface area (Å²) in [5, 5.41) is 88.0. The minimum absolute atomic E-state index is 0.0317. The Kier molecular flexibility index (Phi) is 24.1. The van der Waals surface area contributed by atoms with Crippen LogP contribution in [0.5, 0.6) is 0 Å². The summed E-state index contributed by atoms with van der Waals surface area (Å²) in [6.45, 7) is 35.0. The highest BCUT2D eigenvalue weighted by molar-refractivity contribution is 6.43. The monoisotopic (exact) mass is 1090 g/mol. The van der Waals surface area contributed by atoms with Gasteiger partial charge in [0.1, 0.15) is 35.2 Å². The number of hydrogen-bond donors (Lipinski definition) is 17. The van der Waals surface area contributed by atoms with Crippen molar-refractivity contribution in [1.82, 2.24) is 41.4 Å². The van der Waals surface area contributed by atoms with Crippen LogP contribution in [0.4, 0.5) is 52.0 Å². The third-order valence-electron chi connectivity index (χ3n) is 7.83. The summed E-state index contributed by atoms with van der Waals surface area (Å²) in [7, 11) is 0. The first-order chi connectivity index (χ1) is 35.4. The molecule has 0 aliphatic carbocycles. The molecular formula is C42H86N36. The van der Waals surface area contributed by atoms with Crippen LogP contribution in [-0.4, -0.2) is 117 Å². The van der Waals surface area contributed by atoms with Gasteiger partial charge in [-0.2, -0.15) is 66.4 Å². The molecule has 3 aliphatic heterocycles. The highest BCUT2D eigenvalue weighted by Gasteiger charge is 2.28. The van der Waals surface area contributed by atoms with E-state index >= 15 is 0 Å². The molecule has 28 N–H and O–H groups in total. The Labute approximate surface area is 453 Å². The number of aromatic amines is 3. The second-order valence-corrected chi connectivity index (χ2v) is 23.0. The number of azo groups is 6. The average Bonchev–Trinajstić information content (AvgIpc) is 4.12. The molecule has 0 bridgehead atoms. The molecule has 3 aromatic heterocycles. The molecule has 0 fully saturated rings. The van der Waals surface area contributed by atoms with Crippen LogP contribution in [0.25, 0.3) is 0 Å². The molecule has 3 aliphatic rings. The van der Waals surface area contributed by atoms with Crippen LogP contribution in [0.2, 0.25) is 0 Å². The summed E-state index contributed by atoms with van der Waals surface area (Å²) < 4.78 is 0. The van der Waals surface area contributed by atoms with E-state index in [4.69, 9.17) is 68.5 Å². The fourth-order valence-electron chi connectivity index (χ4n) is 4.28. The van der Waals surface area contributed by atoms with Crippen LogP contribution in [0, 0.1) is 5.41 Å². The molecule has 3 aromatic rings. The van der Waals surface area contributed by atoms with Crippen molar-refractivity contribution >= 4 is 81.0 Å². The van der Waals surface area contributed by atoms with Crippen LogP contribution in [-0.2, 0) is 0 Å². The lowest BCUT2D eigenvalue weighted by molar-refractivity contribution is 0.440. The van der Waals surface area contributed by atoms with Gasteiger partial charge >= 0.3 is 0 Å². The van der Waals surface area contributed by atoms with Crippen molar-refractivity contribution in [3.63, 3.8) is 0 Å². The average molecular weight is 1100 g/mol. The molecule has 0 aromatic carbocycles. The van der Waals surface area contributed by atoms with Crippen LogP contribution < -0.4 is 73.9 Å². The van der Waals surface area contributed by atoms with Crippen molar-refractivity contribution in [3.05, 3.63) is 0 Å². The smallest absolute Gasteiger partial charge is 0.194 e. The molecule has 0 saturated carbocycles. The fraction of sp³-hybridized carbons (Fsp3) is 0.667. The van der Waals surface area contributed by atoms with Gasteiger partial charge in [-0.05, 0) is 125 Å². The zero-order valence-electron chi connectivity index (χ0n) is 48.2. The zero-order valence-corrected chi connectivity index (χ0v) is 48.2. The van der Waals surface area contributed by atoms with Gasteiger partial charge < -0.3 is 68.5 Å². The largest absolute Gasteiger partial charge is 0.384 e. The van der Waals surface area contributed by atoms with Crippen molar-refractivity contribution < 1.29 is 0 Å². The van der Waals surface area contributed by atoms with Gasteiger partial charge in [0.2, 0.25) is 0 Å². The summed E-state index contributed by atoms with van der Waals surface area (Å²) >= 11 is 0. The number of H-pyrrole nitrogens is 3. The molecule has 3 unspecified atom stereocenters. The number of rotatable bonds is 6. The zero-order chi connectivity index (χ0) is 60.4. The van der Waals surface area contributed by atoms with Crippen molar-refractivity contribution in [3.8, 4) is 0 Å². The Balaban J connectivity index is 0.000000468. The number of nitrogen functional groups attached to an aromatic ring is 6. The van der Waals surface area contributed by atoms with Crippen molar-refractivity contribution in [2.45, 2.75) is 182 Å². The first kappa shape index (κ1) is 67.3. The molecule has 6 heterocycles. The molecule has 0 saturated heterocycles. The van der Waals surface area contributed by atoms with E-state index < -0.39 is 12.2 Å². The van der Waals surface area contributed by atoms with Crippen LogP contribution in [0.3, 0.4) is 0 Å². The number of nitrogens with zero attached hydrogens (tertiary/aromatic N) is 19. The Morgan fingerprint density at radius 1 is 0.487 bits per heavy atom. The summed E-state index contributed by atoms with van der Waals surface area (Å²) in [6, 6.07) is -0.807. The van der Waals surface area contributed by atoms with E-state index in [0.717, 1.165) is 0 Å². The first-order valence-electron chi connectivity index (χ1n) is 23.9. The summed E-state index contributed by atoms with van der Waals surface area (Å²) in [4.78, 5) is 0. The Morgan fingerprint density at radius 3 is 1.09 bits per heavy atom. The Morgan fingerprint density at radius 2 is 0.833 bits per heavy atom. The van der Waals surface area contributed by atoms with E-state index in [-0.39, 0.29) is 68.7 Å². The molecule has 434 valence electrons. The highest BCUT2D eigenvalue weighted by atomic mass is 15.4.